The van der Waals surface area contributed by atoms with Gasteiger partial charge in [-0.15, -0.1) is 0 Å². The molecule has 29 heavy (non-hydrogen) atoms. The van der Waals surface area contributed by atoms with Gasteiger partial charge in [-0.3, -0.25) is 4.79 Å². The van der Waals surface area contributed by atoms with Crippen molar-refractivity contribution >= 4 is 29.4 Å². The first-order chi connectivity index (χ1) is 13.7. The van der Waals surface area contributed by atoms with E-state index in [2.05, 4.69) is 43.1 Å². The number of hydrazone groups is 1. The zero-order valence-electron chi connectivity index (χ0n) is 17.3. The highest BCUT2D eigenvalue weighted by molar-refractivity contribution is 6.30. The van der Waals surface area contributed by atoms with Gasteiger partial charge in [0.15, 0.2) is 0 Å². The number of hydrogen-bond donors (Lipinski definition) is 1. The van der Waals surface area contributed by atoms with Gasteiger partial charge in [-0.25, -0.2) is 9.82 Å². The monoisotopic (exact) mass is 415 g/mol. The van der Waals surface area contributed by atoms with E-state index in [0.717, 1.165) is 30.6 Å². The van der Waals surface area contributed by atoms with Crippen LogP contribution in [-0.4, -0.2) is 24.2 Å². The maximum Gasteiger partial charge on any atom is 0.271 e. The Balaban J connectivity index is 1.83. The molecule has 0 spiro atoms. The number of nitrogens with one attached hydrogen (secondary N) is 1. The molecule has 1 aliphatic rings. The number of halogens is 2. The lowest BCUT2D eigenvalue weighted by Crippen LogP contribution is -2.48. The fraction of sp³-hybridized carbons (Fsp3) is 0.391. The van der Waals surface area contributed by atoms with Crippen LogP contribution in [0.2, 0.25) is 5.02 Å². The fourth-order valence-corrected chi connectivity index (χ4v) is 4.22. The third kappa shape index (κ3) is 4.61. The van der Waals surface area contributed by atoms with Gasteiger partial charge in [-0.2, -0.15) is 5.10 Å². The van der Waals surface area contributed by atoms with Gasteiger partial charge in [0, 0.05) is 33.9 Å². The maximum atomic E-state index is 14.8. The molecule has 0 saturated heterocycles. The molecule has 1 heterocycles. The van der Waals surface area contributed by atoms with E-state index in [9.17, 15) is 9.18 Å². The number of hydrogen-bond acceptors (Lipinski definition) is 3. The van der Waals surface area contributed by atoms with E-state index in [-0.39, 0.29) is 17.3 Å². The van der Waals surface area contributed by atoms with Crippen LogP contribution in [0.4, 0.5) is 10.1 Å². The van der Waals surface area contributed by atoms with Crippen molar-refractivity contribution in [2.75, 3.05) is 11.4 Å². The lowest BCUT2D eigenvalue weighted by atomic mass is 9.79. The van der Waals surface area contributed by atoms with E-state index in [1.165, 1.54) is 6.21 Å². The number of nitrogens with zero attached hydrogens (tertiary/aromatic N) is 2. The average molecular weight is 416 g/mol. The standard InChI is InChI=1S/C23H27ClFN3O/c1-5-10-28-21-12-20(25)17(11-19(21)15(2)13-23(28,3)4)14-26-27-22(29)16-6-8-18(24)9-7-16/h6-9,11-12,14-15H,5,10,13H2,1-4H3,(H,27,29)/b26-14-. The van der Waals surface area contributed by atoms with Gasteiger partial charge in [0.1, 0.15) is 5.82 Å². The Kier molecular flexibility index (Phi) is 6.27. The van der Waals surface area contributed by atoms with Gasteiger partial charge in [0.25, 0.3) is 5.91 Å². The summed E-state index contributed by atoms with van der Waals surface area (Å²) in [5.41, 5.74) is 5.29. The van der Waals surface area contributed by atoms with Crippen molar-refractivity contribution in [2.24, 2.45) is 5.10 Å². The molecule has 0 radical (unpaired) electrons. The minimum atomic E-state index is -0.375. The summed E-state index contributed by atoms with van der Waals surface area (Å²) in [5, 5.41) is 4.50. The molecule has 3 rings (SSSR count). The fourth-order valence-electron chi connectivity index (χ4n) is 4.09. The summed E-state index contributed by atoms with van der Waals surface area (Å²) in [5.74, 6) is -0.413. The highest BCUT2D eigenvalue weighted by Crippen LogP contribution is 2.44. The van der Waals surface area contributed by atoms with Crippen molar-refractivity contribution < 1.29 is 9.18 Å². The minimum absolute atomic E-state index is 0.0168. The molecule has 1 N–H and O–H groups in total. The van der Waals surface area contributed by atoms with E-state index >= 15 is 0 Å². The highest BCUT2D eigenvalue weighted by Gasteiger charge is 2.36. The van der Waals surface area contributed by atoms with Crippen LogP contribution < -0.4 is 10.3 Å². The summed E-state index contributed by atoms with van der Waals surface area (Å²) >= 11 is 5.83. The molecule has 6 heteroatoms. The van der Waals surface area contributed by atoms with Crippen LogP contribution in [0.25, 0.3) is 0 Å². The van der Waals surface area contributed by atoms with E-state index in [1.54, 1.807) is 30.3 Å². The quantitative estimate of drug-likeness (QED) is 0.499. The third-order valence-corrected chi connectivity index (χ3v) is 5.68. The number of benzene rings is 2. The largest absolute Gasteiger partial charge is 0.366 e. The Morgan fingerprint density at radius 3 is 2.69 bits per heavy atom. The summed E-state index contributed by atoms with van der Waals surface area (Å²) in [6, 6.07) is 9.94. The highest BCUT2D eigenvalue weighted by atomic mass is 35.5. The SMILES string of the molecule is CCCN1c2cc(F)c(/C=N\NC(=O)c3ccc(Cl)cc3)cc2C(C)CC1(C)C. The van der Waals surface area contributed by atoms with Gasteiger partial charge in [0.2, 0.25) is 0 Å². The second-order valence-corrected chi connectivity index (χ2v) is 8.64. The predicted molar refractivity (Wildman–Crippen MR) is 118 cm³/mol. The lowest BCUT2D eigenvalue weighted by molar-refractivity contribution is 0.0955. The summed E-state index contributed by atoms with van der Waals surface area (Å²) in [7, 11) is 0. The molecule has 0 saturated carbocycles. The minimum Gasteiger partial charge on any atom is -0.366 e. The molecular formula is C23H27ClFN3O. The Morgan fingerprint density at radius 1 is 1.34 bits per heavy atom. The summed E-state index contributed by atoms with van der Waals surface area (Å²) in [4.78, 5) is 14.4. The number of carbonyl (C=O) groups is 1. The number of anilines is 1. The Labute approximate surface area is 176 Å². The van der Waals surface area contributed by atoms with Crippen LogP contribution in [0.1, 0.15) is 67.9 Å². The number of fused-ring (bicyclic) bond motifs is 1. The second-order valence-electron chi connectivity index (χ2n) is 8.21. The van der Waals surface area contributed by atoms with Crippen LogP contribution in [0.5, 0.6) is 0 Å². The van der Waals surface area contributed by atoms with E-state index in [1.807, 2.05) is 6.07 Å². The first-order valence-electron chi connectivity index (χ1n) is 9.93. The van der Waals surface area contributed by atoms with Crippen molar-refractivity contribution in [3.63, 3.8) is 0 Å². The van der Waals surface area contributed by atoms with Gasteiger partial charge < -0.3 is 4.90 Å². The van der Waals surface area contributed by atoms with Crippen molar-refractivity contribution in [1.29, 1.82) is 0 Å². The van der Waals surface area contributed by atoms with Crippen molar-refractivity contribution in [2.45, 2.75) is 52.0 Å². The summed E-state index contributed by atoms with van der Waals surface area (Å²) in [6.45, 7) is 9.61. The molecule has 1 amide bonds. The van der Waals surface area contributed by atoms with Crippen LogP contribution in [-0.2, 0) is 0 Å². The van der Waals surface area contributed by atoms with Gasteiger partial charge >= 0.3 is 0 Å². The number of carbonyl (C=O) groups excluding carboxylic acids is 1. The molecule has 1 unspecified atom stereocenters. The van der Waals surface area contributed by atoms with Gasteiger partial charge in [0.05, 0.1) is 6.21 Å². The lowest BCUT2D eigenvalue weighted by Gasteiger charge is -2.47. The Bertz CT molecular complexity index is 924. The first-order valence-corrected chi connectivity index (χ1v) is 10.3. The van der Waals surface area contributed by atoms with E-state index < -0.39 is 0 Å². The second kappa shape index (κ2) is 8.54. The molecule has 0 aromatic heterocycles. The van der Waals surface area contributed by atoms with Crippen molar-refractivity contribution in [3.05, 3.63) is 63.9 Å². The molecule has 4 nitrogen and oxygen atoms in total. The van der Waals surface area contributed by atoms with Crippen molar-refractivity contribution in [1.82, 2.24) is 5.43 Å². The topological polar surface area (TPSA) is 44.7 Å². The zero-order chi connectivity index (χ0) is 21.2. The molecule has 0 bridgehead atoms. The summed E-state index contributed by atoms with van der Waals surface area (Å²) in [6.07, 6.45) is 3.36. The smallest absolute Gasteiger partial charge is 0.271 e. The van der Waals surface area contributed by atoms with Crippen LogP contribution >= 0.6 is 11.6 Å². The van der Waals surface area contributed by atoms with E-state index in [0.29, 0.717) is 22.1 Å². The van der Waals surface area contributed by atoms with E-state index in [4.69, 9.17) is 11.6 Å². The maximum absolute atomic E-state index is 14.8. The predicted octanol–water partition coefficient (Wildman–Crippen LogP) is 5.75. The first kappa shape index (κ1) is 21.3. The molecule has 2 aromatic rings. The molecule has 0 aliphatic carbocycles. The molecule has 1 atom stereocenters. The van der Waals surface area contributed by atoms with Crippen molar-refractivity contribution in [3.8, 4) is 0 Å². The van der Waals surface area contributed by atoms with Gasteiger partial charge in [-0.1, -0.05) is 25.4 Å². The Hall–Kier alpha value is -2.40. The zero-order valence-corrected chi connectivity index (χ0v) is 18.1. The van der Waals surface area contributed by atoms with Crippen LogP contribution in [0, 0.1) is 5.82 Å². The Morgan fingerprint density at radius 2 is 2.03 bits per heavy atom. The average Bonchev–Trinajstić information content (AvgIpc) is 2.66. The number of rotatable bonds is 5. The van der Waals surface area contributed by atoms with Crippen LogP contribution in [0.15, 0.2) is 41.5 Å². The third-order valence-electron chi connectivity index (χ3n) is 5.43. The normalized spacial score (nSPS) is 18.0. The molecule has 1 aliphatic heterocycles. The van der Waals surface area contributed by atoms with Gasteiger partial charge in [-0.05, 0) is 74.6 Å². The molecular weight excluding hydrogens is 389 g/mol. The summed E-state index contributed by atoms with van der Waals surface area (Å²) < 4.78 is 14.8. The molecule has 0 fully saturated rings. The van der Waals surface area contributed by atoms with Crippen LogP contribution in [0.3, 0.4) is 0 Å². The number of amides is 1. The molecule has 2 aromatic carbocycles. The molecule has 154 valence electrons.